The van der Waals surface area contributed by atoms with E-state index in [4.69, 9.17) is 9.47 Å². The quantitative estimate of drug-likeness (QED) is 0.686. The van der Waals surface area contributed by atoms with E-state index in [2.05, 4.69) is 18.8 Å². The molecule has 0 radical (unpaired) electrons. The Balaban J connectivity index is 2.94. The molecule has 1 heterocycles. The van der Waals surface area contributed by atoms with Gasteiger partial charge >= 0.3 is 5.97 Å². The highest BCUT2D eigenvalue weighted by Gasteiger charge is 2.40. The zero-order valence-corrected chi connectivity index (χ0v) is 12.9. The molecule has 1 unspecified atom stereocenters. The number of carbonyl (C=O) groups is 1. The van der Waals surface area contributed by atoms with Crippen molar-refractivity contribution in [3.05, 3.63) is 30.1 Å². The van der Waals surface area contributed by atoms with Crippen molar-refractivity contribution >= 4 is 5.97 Å². The van der Waals surface area contributed by atoms with Crippen molar-refractivity contribution in [1.82, 2.24) is 4.98 Å². The summed E-state index contributed by atoms with van der Waals surface area (Å²) in [7, 11) is 1.57. The van der Waals surface area contributed by atoms with Crippen LogP contribution in [0.4, 0.5) is 0 Å². The summed E-state index contributed by atoms with van der Waals surface area (Å²) in [5.41, 5.74) is -0.0968. The number of aromatic nitrogens is 1. The van der Waals surface area contributed by atoms with Crippen LogP contribution >= 0.6 is 0 Å². The number of hydrogen-bond acceptors (Lipinski definition) is 4. The molecular formula is C16H25NO3. The first-order valence-corrected chi connectivity index (χ1v) is 7.16. The first kappa shape index (κ1) is 16.6. The summed E-state index contributed by atoms with van der Waals surface area (Å²) in [6.45, 7) is 6.42. The maximum absolute atomic E-state index is 12.3. The number of esters is 1. The molecule has 1 atom stereocenters. The van der Waals surface area contributed by atoms with Crippen molar-refractivity contribution in [3.8, 4) is 0 Å². The first-order valence-electron chi connectivity index (χ1n) is 7.16. The topological polar surface area (TPSA) is 48.4 Å². The zero-order valence-electron chi connectivity index (χ0n) is 12.9. The first-order chi connectivity index (χ1) is 9.54. The summed E-state index contributed by atoms with van der Waals surface area (Å²) in [5.74, 6) is 0.205. The van der Waals surface area contributed by atoms with Crippen molar-refractivity contribution in [3.63, 3.8) is 0 Å². The van der Waals surface area contributed by atoms with Crippen LogP contribution in [0.15, 0.2) is 24.4 Å². The van der Waals surface area contributed by atoms with E-state index in [1.54, 1.807) is 13.3 Å². The summed E-state index contributed by atoms with van der Waals surface area (Å²) < 4.78 is 10.8. The molecule has 0 amide bonds. The number of rotatable bonds is 8. The van der Waals surface area contributed by atoms with Crippen LogP contribution in [0.2, 0.25) is 0 Å². The highest BCUT2D eigenvalue weighted by molar-refractivity contribution is 5.80. The lowest BCUT2D eigenvalue weighted by Gasteiger charge is -2.30. The fourth-order valence-electron chi connectivity index (χ4n) is 2.10. The van der Waals surface area contributed by atoms with Crippen LogP contribution in [0.3, 0.4) is 0 Å². The molecule has 0 aromatic carbocycles. The van der Waals surface area contributed by atoms with E-state index in [0.29, 0.717) is 25.4 Å². The van der Waals surface area contributed by atoms with E-state index in [1.165, 1.54) is 0 Å². The smallest absolute Gasteiger partial charge is 0.338 e. The van der Waals surface area contributed by atoms with E-state index >= 15 is 0 Å². The summed E-state index contributed by atoms with van der Waals surface area (Å²) in [6, 6.07) is 5.68. The zero-order chi connectivity index (χ0) is 15.0. The predicted octanol–water partition coefficient (Wildman–Crippen LogP) is 3.01. The van der Waals surface area contributed by atoms with Gasteiger partial charge < -0.3 is 9.47 Å². The Morgan fingerprint density at radius 1 is 1.40 bits per heavy atom. The largest absolute Gasteiger partial charge is 0.464 e. The van der Waals surface area contributed by atoms with Gasteiger partial charge in [-0.2, -0.15) is 0 Å². The molecule has 1 rings (SSSR count). The second-order valence-electron chi connectivity index (χ2n) is 5.35. The molecule has 0 N–H and O–H groups in total. The Morgan fingerprint density at radius 3 is 2.65 bits per heavy atom. The molecule has 0 saturated carbocycles. The summed E-state index contributed by atoms with van der Waals surface area (Å²) in [6.07, 6.45) is 3.70. The van der Waals surface area contributed by atoms with Crippen molar-refractivity contribution in [2.45, 2.75) is 45.6 Å². The van der Waals surface area contributed by atoms with Gasteiger partial charge in [0.1, 0.15) is 0 Å². The van der Waals surface area contributed by atoms with Gasteiger partial charge in [0.25, 0.3) is 0 Å². The maximum Gasteiger partial charge on any atom is 0.338 e. The molecule has 0 fully saturated rings. The van der Waals surface area contributed by atoms with Gasteiger partial charge in [-0.05, 0) is 37.8 Å². The Hall–Kier alpha value is -1.42. The molecular weight excluding hydrogens is 254 g/mol. The third-order valence-electron chi connectivity index (χ3n) is 3.36. The second-order valence-corrected chi connectivity index (χ2v) is 5.35. The lowest BCUT2D eigenvalue weighted by Crippen LogP contribution is -2.44. The molecule has 4 nitrogen and oxygen atoms in total. The van der Waals surface area contributed by atoms with Crippen LogP contribution in [0.25, 0.3) is 0 Å². The van der Waals surface area contributed by atoms with Crippen molar-refractivity contribution < 1.29 is 14.3 Å². The highest BCUT2D eigenvalue weighted by atomic mass is 16.6. The SMILES string of the molecule is CCOC(=O)C(CCC(C)C)(Cc1ccccn1)OC. The standard InChI is InChI=1S/C16H25NO3/c1-5-20-15(18)16(19-4,10-9-13(2)3)12-14-8-6-7-11-17-14/h6-8,11,13H,5,9-10,12H2,1-4H3. The van der Waals surface area contributed by atoms with Crippen LogP contribution in [0.5, 0.6) is 0 Å². The number of pyridine rings is 1. The molecule has 0 bridgehead atoms. The van der Waals surface area contributed by atoms with Crippen LogP contribution in [0.1, 0.15) is 39.3 Å². The lowest BCUT2D eigenvalue weighted by atomic mass is 9.88. The van der Waals surface area contributed by atoms with Crippen LogP contribution < -0.4 is 0 Å². The van der Waals surface area contributed by atoms with Gasteiger partial charge in [-0.25, -0.2) is 4.79 Å². The van der Waals surface area contributed by atoms with E-state index in [9.17, 15) is 4.79 Å². The number of methoxy groups -OCH3 is 1. The molecule has 0 saturated heterocycles. The molecule has 0 aliphatic heterocycles. The van der Waals surface area contributed by atoms with E-state index in [1.807, 2.05) is 25.1 Å². The number of hydrogen-bond donors (Lipinski definition) is 0. The molecule has 1 aromatic rings. The highest BCUT2D eigenvalue weighted by Crippen LogP contribution is 2.26. The van der Waals surface area contributed by atoms with Gasteiger partial charge in [0.15, 0.2) is 5.60 Å². The predicted molar refractivity (Wildman–Crippen MR) is 78.4 cm³/mol. The molecule has 0 spiro atoms. The number of ether oxygens (including phenoxy) is 2. The maximum atomic E-state index is 12.3. The normalized spacial score (nSPS) is 14.1. The molecule has 4 heteroatoms. The molecule has 20 heavy (non-hydrogen) atoms. The van der Waals surface area contributed by atoms with E-state index < -0.39 is 5.60 Å². The van der Waals surface area contributed by atoms with Gasteiger partial charge in [0.05, 0.1) is 6.61 Å². The minimum atomic E-state index is -0.936. The third kappa shape index (κ3) is 4.60. The van der Waals surface area contributed by atoms with Crippen molar-refractivity contribution in [2.75, 3.05) is 13.7 Å². The summed E-state index contributed by atoms with van der Waals surface area (Å²) in [5, 5.41) is 0. The number of carbonyl (C=O) groups excluding carboxylic acids is 1. The molecule has 0 aliphatic rings. The minimum Gasteiger partial charge on any atom is -0.464 e. The van der Waals surface area contributed by atoms with E-state index in [0.717, 1.165) is 12.1 Å². The van der Waals surface area contributed by atoms with Crippen LogP contribution in [-0.4, -0.2) is 30.3 Å². The fourth-order valence-corrected chi connectivity index (χ4v) is 2.10. The monoisotopic (exact) mass is 279 g/mol. The lowest BCUT2D eigenvalue weighted by molar-refractivity contribution is -0.170. The molecule has 112 valence electrons. The number of nitrogens with zero attached hydrogens (tertiary/aromatic N) is 1. The average Bonchev–Trinajstić information content (AvgIpc) is 2.44. The second kappa shape index (κ2) is 8.00. The van der Waals surface area contributed by atoms with Crippen LogP contribution in [-0.2, 0) is 20.7 Å². The van der Waals surface area contributed by atoms with Crippen molar-refractivity contribution in [1.29, 1.82) is 0 Å². The Bertz CT molecular complexity index is 405. The van der Waals surface area contributed by atoms with Gasteiger partial charge in [-0.1, -0.05) is 19.9 Å². The van der Waals surface area contributed by atoms with Gasteiger partial charge in [-0.15, -0.1) is 0 Å². The van der Waals surface area contributed by atoms with Crippen molar-refractivity contribution in [2.24, 2.45) is 5.92 Å². The molecule has 1 aromatic heterocycles. The Labute approximate surface area is 121 Å². The Morgan fingerprint density at radius 2 is 2.15 bits per heavy atom. The summed E-state index contributed by atoms with van der Waals surface area (Å²) in [4.78, 5) is 16.6. The van der Waals surface area contributed by atoms with Gasteiger partial charge in [0.2, 0.25) is 0 Å². The fraction of sp³-hybridized carbons (Fsp3) is 0.625. The minimum absolute atomic E-state index is 0.297. The van der Waals surface area contributed by atoms with Gasteiger partial charge in [-0.3, -0.25) is 4.98 Å². The van der Waals surface area contributed by atoms with Crippen LogP contribution in [0, 0.1) is 5.92 Å². The Kier molecular flexibility index (Phi) is 6.65. The molecule has 0 aliphatic carbocycles. The third-order valence-corrected chi connectivity index (χ3v) is 3.36. The van der Waals surface area contributed by atoms with Gasteiger partial charge in [0, 0.05) is 25.4 Å². The van der Waals surface area contributed by atoms with E-state index in [-0.39, 0.29) is 5.97 Å². The average molecular weight is 279 g/mol. The summed E-state index contributed by atoms with van der Waals surface area (Å²) >= 11 is 0.